The van der Waals surface area contributed by atoms with Crippen molar-refractivity contribution in [3.05, 3.63) is 30.3 Å². The van der Waals surface area contributed by atoms with E-state index in [0.29, 0.717) is 0 Å². The van der Waals surface area contributed by atoms with Crippen molar-refractivity contribution in [3.63, 3.8) is 0 Å². The van der Waals surface area contributed by atoms with Crippen molar-refractivity contribution >= 4 is 23.9 Å². The van der Waals surface area contributed by atoms with Crippen LogP contribution in [0.15, 0.2) is 30.3 Å². The van der Waals surface area contributed by atoms with E-state index in [1.165, 1.54) is 0 Å². The number of ether oxygens (including phenoxy) is 6. The van der Waals surface area contributed by atoms with Gasteiger partial charge in [-0.2, -0.15) is 0 Å². The summed E-state index contributed by atoms with van der Waals surface area (Å²) in [4.78, 5) is 47.4. The van der Waals surface area contributed by atoms with Crippen LogP contribution in [0.3, 0.4) is 0 Å². The number of hydrogen-bond donors (Lipinski definition) is 0. The number of carbonyl (C=O) groups excluding carboxylic acids is 4. The second-order valence-corrected chi connectivity index (χ2v) is 6.02. The van der Waals surface area contributed by atoms with Gasteiger partial charge in [-0.3, -0.25) is 19.2 Å². The van der Waals surface area contributed by atoms with Gasteiger partial charge < -0.3 is 28.4 Å². The highest BCUT2D eigenvalue weighted by Crippen LogP contribution is 2.30. The zero-order valence-corrected chi connectivity index (χ0v) is 15.9. The van der Waals surface area contributed by atoms with Crippen LogP contribution >= 0.6 is 0 Å². The molecule has 0 spiro atoms. The maximum atomic E-state index is 12.0. The first-order chi connectivity index (χ1) is 16.3. The molecule has 1 aliphatic rings. The molecule has 0 saturated carbocycles. The molecule has 30 heavy (non-hydrogen) atoms. The van der Waals surface area contributed by atoms with E-state index in [1.807, 2.05) is 0 Å². The molecular formula is C20H24O10. The minimum absolute atomic E-state index is 0.258. The van der Waals surface area contributed by atoms with Crippen LogP contribution in [0, 0.1) is 0 Å². The SMILES string of the molecule is [2H]CC(=O)OC[C@H]1OC(Oc2ccccc2)[C@H](OC(=O)C[2H])[C@@H](OC(=O)C[2H])[C@H]1OC(=O)C[2H]. The average molecular weight is 428 g/mol. The van der Waals surface area contributed by atoms with Gasteiger partial charge in [-0.05, 0) is 12.1 Å². The first-order valence-electron chi connectivity index (χ1n) is 11.4. The maximum absolute atomic E-state index is 12.0. The van der Waals surface area contributed by atoms with E-state index in [4.69, 9.17) is 33.9 Å². The van der Waals surface area contributed by atoms with Crippen LogP contribution in [0.2, 0.25) is 0 Å². The Morgan fingerprint density at radius 1 is 0.833 bits per heavy atom. The van der Waals surface area contributed by atoms with Gasteiger partial charge in [-0.1, -0.05) is 18.2 Å². The summed E-state index contributed by atoms with van der Waals surface area (Å²) >= 11 is 0. The van der Waals surface area contributed by atoms with Crippen molar-refractivity contribution in [2.45, 2.75) is 58.3 Å². The molecule has 1 aromatic carbocycles. The van der Waals surface area contributed by atoms with Gasteiger partial charge in [0.15, 0.2) is 12.2 Å². The Labute approximate surface area is 178 Å². The topological polar surface area (TPSA) is 124 Å². The van der Waals surface area contributed by atoms with E-state index >= 15 is 0 Å². The van der Waals surface area contributed by atoms with Crippen molar-refractivity contribution in [2.24, 2.45) is 0 Å². The third-order valence-corrected chi connectivity index (χ3v) is 3.80. The van der Waals surface area contributed by atoms with Crippen LogP contribution < -0.4 is 4.74 Å². The van der Waals surface area contributed by atoms with E-state index in [9.17, 15) is 19.2 Å². The summed E-state index contributed by atoms with van der Waals surface area (Å²) in [5, 5.41) is 0. The van der Waals surface area contributed by atoms with Crippen molar-refractivity contribution in [3.8, 4) is 5.75 Å². The molecule has 1 saturated heterocycles. The van der Waals surface area contributed by atoms with Crippen molar-refractivity contribution in [1.82, 2.24) is 0 Å². The van der Waals surface area contributed by atoms with Crippen LogP contribution in [0.4, 0.5) is 0 Å². The molecule has 1 fully saturated rings. The second-order valence-electron chi connectivity index (χ2n) is 6.02. The summed E-state index contributed by atoms with van der Waals surface area (Å²) < 4.78 is 60.9. The largest absolute Gasteiger partial charge is 0.463 e. The fourth-order valence-electron chi connectivity index (χ4n) is 2.77. The second kappa shape index (κ2) is 10.6. The Morgan fingerprint density at radius 2 is 1.40 bits per heavy atom. The van der Waals surface area contributed by atoms with Gasteiger partial charge in [0.05, 0.1) is 0 Å². The lowest BCUT2D eigenvalue weighted by Crippen LogP contribution is -2.63. The Hall–Kier alpha value is -3.14. The zero-order valence-electron chi connectivity index (χ0n) is 19.9. The van der Waals surface area contributed by atoms with Gasteiger partial charge in [-0.25, -0.2) is 0 Å². The number of esters is 4. The maximum Gasteiger partial charge on any atom is 0.303 e. The fourth-order valence-corrected chi connectivity index (χ4v) is 2.77. The molecule has 0 aliphatic carbocycles. The van der Waals surface area contributed by atoms with Crippen LogP contribution in [0.25, 0.3) is 0 Å². The molecule has 0 N–H and O–H groups in total. The van der Waals surface area contributed by atoms with Gasteiger partial charge in [0.1, 0.15) is 18.5 Å². The normalized spacial score (nSPS) is 27.3. The monoisotopic (exact) mass is 428 g/mol. The summed E-state index contributed by atoms with van der Waals surface area (Å²) in [7, 11) is 0. The van der Waals surface area contributed by atoms with Crippen molar-refractivity contribution in [2.75, 3.05) is 6.61 Å². The number of hydrogen-bond acceptors (Lipinski definition) is 10. The van der Waals surface area contributed by atoms with E-state index in [-0.39, 0.29) is 5.75 Å². The fraction of sp³-hybridized carbons (Fsp3) is 0.500. The molecule has 1 aliphatic heterocycles. The lowest BCUT2D eigenvalue weighted by Gasteiger charge is -2.43. The number of benzene rings is 1. The predicted octanol–water partition coefficient (Wildman–Crippen LogP) is 1.15. The Bertz CT molecular complexity index is 840. The van der Waals surface area contributed by atoms with E-state index < -0.39 is 88.8 Å². The lowest BCUT2D eigenvalue weighted by molar-refractivity contribution is -0.288. The van der Waals surface area contributed by atoms with Crippen molar-refractivity contribution in [1.29, 1.82) is 0 Å². The van der Waals surface area contributed by atoms with Crippen LogP contribution in [0.1, 0.15) is 33.1 Å². The average Bonchev–Trinajstić information content (AvgIpc) is 2.85. The molecule has 1 heterocycles. The lowest BCUT2D eigenvalue weighted by atomic mass is 9.98. The van der Waals surface area contributed by atoms with Crippen LogP contribution in [-0.2, 0) is 42.9 Å². The Balaban J connectivity index is 2.47. The molecule has 164 valence electrons. The zero-order chi connectivity index (χ0) is 25.1. The van der Waals surface area contributed by atoms with E-state index in [1.54, 1.807) is 30.3 Å². The summed E-state index contributed by atoms with van der Waals surface area (Å²) in [5.74, 6) is -3.81. The quantitative estimate of drug-likeness (QED) is 0.461. The summed E-state index contributed by atoms with van der Waals surface area (Å²) in [5.41, 5.74) is 0. The molecule has 0 bridgehead atoms. The standard InChI is InChI=1S/C20H24O10/c1-11(21)25-10-16-17(26-12(2)22)18(27-13(3)23)19(28-14(4)24)20(30-16)29-15-8-6-5-7-9-15/h5-9,16-20H,10H2,1-4H3/t16-,17+,18+,19-,20?/m1/s1/i1D,2D,3D,4D. The first kappa shape index (κ1) is 17.7. The molecule has 10 heteroatoms. The highest BCUT2D eigenvalue weighted by atomic mass is 16.7. The Kier molecular flexibility index (Phi) is 6.24. The molecule has 0 aromatic heterocycles. The third kappa shape index (κ3) is 6.73. The molecule has 1 aromatic rings. The van der Waals surface area contributed by atoms with Gasteiger partial charge in [-0.15, -0.1) is 0 Å². The minimum atomic E-state index is -1.59. The molecule has 0 amide bonds. The summed E-state index contributed by atoms with van der Waals surface area (Å²) in [6, 6.07) is 8.11. The molecule has 2 rings (SSSR count). The molecular weight excluding hydrogens is 400 g/mol. The molecule has 1 unspecified atom stereocenters. The van der Waals surface area contributed by atoms with Crippen molar-refractivity contribution < 1.29 is 53.1 Å². The molecule has 0 radical (unpaired) electrons. The smallest absolute Gasteiger partial charge is 0.303 e. The van der Waals surface area contributed by atoms with Gasteiger partial charge in [0.25, 0.3) is 0 Å². The number of para-hydroxylation sites is 1. The summed E-state index contributed by atoms with van der Waals surface area (Å²) in [6.45, 7) is -3.69. The Morgan fingerprint density at radius 3 is 2.00 bits per heavy atom. The van der Waals surface area contributed by atoms with Gasteiger partial charge in [0, 0.05) is 33.1 Å². The highest BCUT2D eigenvalue weighted by Gasteiger charge is 2.53. The van der Waals surface area contributed by atoms with Gasteiger partial charge in [0.2, 0.25) is 12.4 Å². The minimum Gasteiger partial charge on any atom is -0.463 e. The van der Waals surface area contributed by atoms with E-state index in [0.717, 1.165) is 0 Å². The van der Waals surface area contributed by atoms with E-state index in [2.05, 4.69) is 0 Å². The first-order valence-corrected chi connectivity index (χ1v) is 8.61. The van der Waals surface area contributed by atoms with Crippen LogP contribution in [0.5, 0.6) is 5.75 Å². The van der Waals surface area contributed by atoms with Gasteiger partial charge >= 0.3 is 23.9 Å². The highest BCUT2D eigenvalue weighted by molar-refractivity contribution is 5.68. The van der Waals surface area contributed by atoms with Crippen LogP contribution in [-0.4, -0.2) is 61.2 Å². The molecule has 10 nitrogen and oxygen atoms in total. The summed E-state index contributed by atoms with van der Waals surface area (Å²) in [6.07, 6.45) is -7.49. The predicted molar refractivity (Wildman–Crippen MR) is 99.0 cm³/mol. The number of rotatable bonds is 7. The number of carbonyl (C=O) groups is 4. The molecule has 5 atom stereocenters. The third-order valence-electron chi connectivity index (χ3n) is 3.80.